The Morgan fingerprint density at radius 1 is 1.22 bits per heavy atom. The first-order valence-electron chi connectivity index (χ1n) is 7.21. The van der Waals surface area contributed by atoms with E-state index in [1.807, 2.05) is 19.1 Å². The van der Waals surface area contributed by atoms with Crippen LogP contribution in [0, 0.1) is 6.92 Å². The number of rotatable bonds is 2. The fraction of sp³-hybridized carbons (Fsp3) is 0.333. The van der Waals surface area contributed by atoms with Gasteiger partial charge in [-0.25, -0.2) is 9.78 Å². The molecule has 0 spiro atoms. The van der Waals surface area contributed by atoms with E-state index < -0.39 is 0 Å². The highest BCUT2D eigenvalue weighted by molar-refractivity contribution is 7.15. The highest BCUT2D eigenvalue weighted by atomic mass is 35.5. The molecule has 1 fully saturated rings. The normalized spacial score (nSPS) is 14.9. The number of aryl methyl sites for hydroxylation is 1. The number of piperazine rings is 1. The van der Waals surface area contributed by atoms with Gasteiger partial charge in [0.1, 0.15) is 0 Å². The van der Waals surface area contributed by atoms with E-state index >= 15 is 0 Å². The van der Waals surface area contributed by atoms with Crippen LogP contribution in [-0.4, -0.2) is 42.1 Å². The van der Waals surface area contributed by atoms with Gasteiger partial charge in [-0.05, 0) is 25.1 Å². The third-order valence-electron chi connectivity index (χ3n) is 3.67. The van der Waals surface area contributed by atoms with Crippen molar-refractivity contribution in [3.63, 3.8) is 0 Å². The van der Waals surface area contributed by atoms with Gasteiger partial charge in [0.15, 0.2) is 5.13 Å². The molecule has 0 atom stereocenters. The van der Waals surface area contributed by atoms with Crippen LogP contribution in [-0.2, 0) is 0 Å². The number of hydrogen-bond donors (Lipinski definition) is 1. The van der Waals surface area contributed by atoms with Gasteiger partial charge in [-0.2, -0.15) is 0 Å². The molecule has 0 aliphatic carbocycles. The summed E-state index contributed by atoms with van der Waals surface area (Å²) in [6, 6.07) is 5.50. The fourth-order valence-corrected chi connectivity index (χ4v) is 3.38. The lowest BCUT2D eigenvalue weighted by atomic mass is 10.2. The summed E-state index contributed by atoms with van der Waals surface area (Å²) in [5, 5.41) is 4.57. The summed E-state index contributed by atoms with van der Waals surface area (Å²) in [6.45, 7) is 4.76. The van der Waals surface area contributed by atoms with Crippen LogP contribution < -0.4 is 10.2 Å². The van der Waals surface area contributed by atoms with Crippen molar-refractivity contribution in [3.05, 3.63) is 39.3 Å². The Hall–Kier alpha value is -1.50. The smallest absolute Gasteiger partial charge is 0.323 e. The summed E-state index contributed by atoms with van der Waals surface area (Å²) in [5.41, 5.74) is 1.02. The van der Waals surface area contributed by atoms with Crippen LogP contribution in [0.15, 0.2) is 24.4 Å². The van der Waals surface area contributed by atoms with Crippen molar-refractivity contribution < 1.29 is 4.79 Å². The van der Waals surface area contributed by atoms with Crippen LogP contribution >= 0.6 is 34.5 Å². The number of aromatic nitrogens is 1. The molecule has 2 amide bonds. The quantitative estimate of drug-likeness (QED) is 0.864. The molecule has 0 saturated carbocycles. The third-order valence-corrected chi connectivity index (χ3v) is 5.24. The number of halogens is 2. The maximum Gasteiger partial charge on any atom is 0.323 e. The Kier molecular flexibility index (Phi) is 4.94. The molecular formula is C15H16Cl2N4OS. The second-order valence-electron chi connectivity index (χ2n) is 5.28. The van der Waals surface area contributed by atoms with Crippen molar-refractivity contribution in [2.24, 2.45) is 0 Å². The minimum absolute atomic E-state index is 0.104. The number of benzene rings is 1. The van der Waals surface area contributed by atoms with Crippen LogP contribution in [0.1, 0.15) is 4.88 Å². The summed E-state index contributed by atoms with van der Waals surface area (Å²) in [6.07, 6.45) is 1.75. The van der Waals surface area contributed by atoms with Crippen LogP contribution in [0.3, 0.4) is 0 Å². The minimum atomic E-state index is -0.104. The number of urea groups is 1. The molecule has 23 heavy (non-hydrogen) atoms. The Balaban J connectivity index is 1.57. The molecule has 2 aromatic rings. The zero-order chi connectivity index (χ0) is 16.4. The van der Waals surface area contributed by atoms with Gasteiger partial charge >= 0.3 is 6.03 Å². The molecule has 1 N–H and O–H groups in total. The lowest BCUT2D eigenvalue weighted by Gasteiger charge is -2.36. The summed E-state index contributed by atoms with van der Waals surface area (Å²) < 4.78 is 0. The van der Waals surface area contributed by atoms with Gasteiger partial charge < -0.3 is 9.80 Å². The Morgan fingerprint density at radius 3 is 2.57 bits per heavy atom. The molecule has 1 aromatic carbocycles. The average Bonchev–Trinajstić information content (AvgIpc) is 2.95. The van der Waals surface area contributed by atoms with Crippen LogP contribution in [0.2, 0.25) is 10.0 Å². The van der Waals surface area contributed by atoms with Gasteiger partial charge in [0.05, 0.1) is 10.0 Å². The maximum absolute atomic E-state index is 12.2. The molecule has 1 aliphatic heterocycles. The van der Waals surface area contributed by atoms with E-state index in [2.05, 4.69) is 15.2 Å². The Morgan fingerprint density at radius 2 is 1.96 bits per heavy atom. The van der Waals surface area contributed by atoms with Gasteiger partial charge in [-0.1, -0.05) is 23.2 Å². The summed E-state index contributed by atoms with van der Waals surface area (Å²) in [7, 11) is 0. The summed E-state index contributed by atoms with van der Waals surface area (Å²) in [4.78, 5) is 21.5. The number of anilines is 2. The Bertz CT molecular complexity index is 713. The van der Waals surface area contributed by atoms with E-state index in [9.17, 15) is 4.79 Å². The van der Waals surface area contributed by atoms with Gasteiger partial charge in [-0.3, -0.25) is 5.32 Å². The minimum Gasteiger partial charge on any atom is -0.368 e. The zero-order valence-corrected chi connectivity index (χ0v) is 14.9. The lowest BCUT2D eigenvalue weighted by Crippen LogP contribution is -2.50. The standard InChI is InChI=1S/C15H16Cl2N4OS/c1-10-9-18-14(23-10)19-15(22)21-6-4-20(5-7-21)11-2-3-12(16)13(17)8-11/h2-3,8-9H,4-7H2,1H3,(H,18,19,22). The van der Waals surface area contributed by atoms with Crippen molar-refractivity contribution in [2.75, 3.05) is 36.4 Å². The first-order valence-corrected chi connectivity index (χ1v) is 8.78. The van der Waals surface area contributed by atoms with Gasteiger partial charge in [0, 0.05) is 42.9 Å². The van der Waals surface area contributed by atoms with Crippen molar-refractivity contribution in [2.45, 2.75) is 6.92 Å². The molecular weight excluding hydrogens is 355 g/mol. The molecule has 5 nitrogen and oxygen atoms in total. The van der Waals surface area contributed by atoms with Crippen LogP contribution in [0.25, 0.3) is 0 Å². The summed E-state index contributed by atoms with van der Waals surface area (Å²) >= 11 is 13.5. The predicted octanol–water partition coefficient (Wildman–Crippen LogP) is 4.11. The second kappa shape index (κ2) is 6.95. The van der Waals surface area contributed by atoms with Crippen LogP contribution in [0.5, 0.6) is 0 Å². The molecule has 3 rings (SSSR count). The maximum atomic E-state index is 12.2. The molecule has 0 bridgehead atoms. The largest absolute Gasteiger partial charge is 0.368 e. The van der Waals surface area contributed by atoms with Crippen molar-refractivity contribution in [3.8, 4) is 0 Å². The highest BCUT2D eigenvalue weighted by Gasteiger charge is 2.22. The number of amides is 2. The molecule has 1 saturated heterocycles. The second-order valence-corrected chi connectivity index (χ2v) is 7.33. The van der Waals surface area contributed by atoms with E-state index in [-0.39, 0.29) is 6.03 Å². The molecule has 0 unspecified atom stereocenters. The van der Waals surface area contributed by atoms with Gasteiger partial charge in [-0.15, -0.1) is 11.3 Å². The highest BCUT2D eigenvalue weighted by Crippen LogP contribution is 2.27. The summed E-state index contributed by atoms with van der Waals surface area (Å²) in [5.74, 6) is 0. The molecule has 122 valence electrons. The van der Waals surface area contributed by atoms with E-state index in [4.69, 9.17) is 23.2 Å². The van der Waals surface area contributed by atoms with Crippen LogP contribution in [0.4, 0.5) is 15.6 Å². The number of hydrogen-bond acceptors (Lipinski definition) is 4. The molecule has 0 radical (unpaired) electrons. The topological polar surface area (TPSA) is 48.5 Å². The number of carbonyl (C=O) groups is 1. The molecule has 1 aliphatic rings. The molecule has 8 heteroatoms. The number of thiazole rings is 1. The van der Waals surface area contributed by atoms with Gasteiger partial charge in [0.2, 0.25) is 0 Å². The number of nitrogens with zero attached hydrogens (tertiary/aromatic N) is 3. The first-order chi connectivity index (χ1) is 11.0. The van der Waals surface area contributed by atoms with Gasteiger partial charge in [0.25, 0.3) is 0 Å². The third kappa shape index (κ3) is 3.88. The van der Waals surface area contributed by atoms with E-state index in [0.29, 0.717) is 28.3 Å². The molecule has 1 aromatic heterocycles. The van der Waals surface area contributed by atoms with E-state index in [1.165, 1.54) is 11.3 Å². The van der Waals surface area contributed by atoms with E-state index in [1.54, 1.807) is 17.2 Å². The SMILES string of the molecule is Cc1cnc(NC(=O)N2CCN(c3ccc(Cl)c(Cl)c3)CC2)s1. The monoisotopic (exact) mass is 370 g/mol. The zero-order valence-electron chi connectivity index (χ0n) is 12.6. The lowest BCUT2D eigenvalue weighted by molar-refractivity contribution is 0.208. The Labute approximate surface area is 148 Å². The van der Waals surface area contributed by atoms with Crippen molar-refractivity contribution in [1.82, 2.24) is 9.88 Å². The predicted molar refractivity (Wildman–Crippen MR) is 96.1 cm³/mol. The number of nitrogens with one attached hydrogen (secondary N) is 1. The fourth-order valence-electron chi connectivity index (χ4n) is 2.43. The number of carbonyl (C=O) groups excluding carboxylic acids is 1. The van der Waals surface area contributed by atoms with Crippen molar-refractivity contribution in [1.29, 1.82) is 0 Å². The van der Waals surface area contributed by atoms with E-state index in [0.717, 1.165) is 23.7 Å². The van der Waals surface area contributed by atoms with Crippen molar-refractivity contribution >= 4 is 51.4 Å². The molecule has 2 heterocycles. The first kappa shape index (κ1) is 16.4. The average molecular weight is 371 g/mol.